The summed E-state index contributed by atoms with van der Waals surface area (Å²) in [5, 5.41) is 0. The minimum absolute atomic E-state index is 0.0473. The lowest BCUT2D eigenvalue weighted by molar-refractivity contribution is -0.132. The lowest BCUT2D eigenvalue weighted by Gasteiger charge is -2.37. The van der Waals surface area contributed by atoms with Crippen molar-refractivity contribution < 1.29 is 13.9 Å². The maximum Gasteiger partial charge on any atom is 0.260 e. The molecule has 2 saturated heterocycles. The fraction of sp³-hybridized carbons (Fsp3) is 0.391. The number of piperazine rings is 1. The molecular formula is C23H26FN3O2S. The van der Waals surface area contributed by atoms with Crippen LogP contribution in [0.2, 0.25) is 0 Å². The smallest absolute Gasteiger partial charge is 0.260 e. The first-order chi connectivity index (χ1) is 14.6. The van der Waals surface area contributed by atoms with Gasteiger partial charge in [0.15, 0.2) is 6.61 Å². The molecule has 0 bridgehead atoms. The zero-order valence-electron chi connectivity index (χ0n) is 16.9. The van der Waals surface area contributed by atoms with E-state index in [1.807, 2.05) is 41.3 Å². The third-order valence-corrected chi connectivity index (χ3v) is 6.17. The van der Waals surface area contributed by atoms with E-state index >= 15 is 0 Å². The summed E-state index contributed by atoms with van der Waals surface area (Å²) >= 11 is 5.69. The van der Waals surface area contributed by atoms with E-state index < -0.39 is 0 Å². The average molecular weight is 428 g/mol. The number of nitrogens with zero attached hydrogens (tertiary/aromatic N) is 3. The number of ether oxygens (including phenoxy) is 1. The van der Waals surface area contributed by atoms with Gasteiger partial charge in [0.25, 0.3) is 5.91 Å². The van der Waals surface area contributed by atoms with E-state index in [-0.39, 0.29) is 18.3 Å². The molecule has 0 saturated carbocycles. The topological polar surface area (TPSA) is 36.0 Å². The minimum Gasteiger partial charge on any atom is -0.484 e. The normalized spacial score (nSPS) is 16.6. The minimum atomic E-state index is -0.216. The number of halogens is 1. The summed E-state index contributed by atoms with van der Waals surface area (Å²) < 4.78 is 18.8. The van der Waals surface area contributed by atoms with E-state index in [1.165, 1.54) is 12.1 Å². The van der Waals surface area contributed by atoms with Crippen molar-refractivity contribution in [2.75, 3.05) is 50.8 Å². The van der Waals surface area contributed by atoms with Gasteiger partial charge in [-0.15, -0.1) is 0 Å². The molecule has 7 heteroatoms. The Morgan fingerprint density at radius 3 is 2.13 bits per heavy atom. The van der Waals surface area contributed by atoms with Gasteiger partial charge in [0.1, 0.15) is 16.6 Å². The lowest BCUT2D eigenvalue weighted by atomic mass is 10.1. The molecule has 30 heavy (non-hydrogen) atoms. The van der Waals surface area contributed by atoms with Crippen LogP contribution in [-0.2, 0) is 4.79 Å². The molecule has 2 heterocycles. The Kier molecular flexibility index (Phi) is 6.47. The molecule has 0 spiro atoms. The van der Waals surface area contributed by atoms with Gasteiger partial charge in [-0.1, -0.05) is 12.2 Å². The Balaban J connectivity index is 1.27. The van der Waals surface area contributed by atoms with Crippen LogP contribution in [0.15, 0.2) is 48.5 Å². The number of likely N-dealkylation sites (tertiary alicyclic amines) is 1. The van der Waals surface area contributed by atoms with Gasteiger partial charge in [0.05, 0.1) is 0 Å². The van der Waals surface area contributed by atoms with Gasteiger partial charge in [0.2, 0.25) is 0 Å². The molecule has 0 N–H and O–H groups in total. The third-order valence-electron chi connectivity index (χ3n) is 5.68. The number of amides is 1. The number of benzene rings is 2. The number of hydrogen-bond donors (Lipinski definition) is 0. The maximum atomic E-state index is 13.1. The molecule has 2 aromatic carbocycles. The van der Waals surface area contributed by atoms with Gasteiger partial charge >= 0.3 is 0 Å². The largest absolute Gasteiger partial charge is 0.484 e. The van der Waals surface area contributed by atoms with E-state index in [4.69, 9.17) is 17.0 Å². The third kappa shape index (κ3) is 4.90. The van der Waals surface area contributed by atoms with Crippen LogP contribution >= 0.6 is 12.2 Å². The molecule has 0 atom stereocenters. The number of carbonyl (C=O) groups is 1. The summed E-state index contributed by atoms with van der Waals surface area (Å²) in [6, 6.07) is 14.3. The van der Waals surface area contributed by atoms with E-state index in [2.05, 4.69) is 9.80 Å². The average Bonchev–Trinajstić information content (AvgIpc) is 3.33. The van der Waals surface area contributed by atoms with Crippen molar-refractivity contribution in [3.8, 4) is 5.75 Å². The van der Waals surface area contributed by atoms with Crippen molar-refractivity contribution in [1.82, 2.24) is 9.80 Å². The molecule has 5 nitrogen and oxygen atoms in total. The molecule has 0 aliphatic carbocycles. The fourth-order valence-electron chi connectivity index (χ4n) is 3.90. The predicted octanol–water partition coefficient (Wildman–Crippen LogP) is 3.32. The van der Waals surface area contributed by atoms with E-state index in [0.29, 0.717) is 5.75 Å². The Morgan fingerprint density at radius 1 is 0.867 bits per heavy atom. The van der Waals surface area contributed by atoms with Crippen molar-refractivity contribution in [1.29, 1.82) is 0 Å². The first kappa shape index (κ1) is 20.6. The molecule has 0 aromatic heterocycles. The molecule has 2 aliphatic rings. The zero-order chi connectivity index (χ0) is 20.9. The Bertz CT molecular complexity index is 874. The number of thiocarbonyl (C=S) groups is 1. The first-order valence-corrected chi connectivity index (χ1v) is 10.8. The molecule has 158 valence electrons. The summed E-state index contributed by atoms with van der Waals surface area (Å²) in [5.41, 5.74) is 2.00. The Morgan fingerprint density at radius 2 is 1.50 bits per heavy atom. The van der Waals surface area contributed by atoms with Crippen LogP contribution in [0.25, 0.3) is 0 Å². The van der Waals surface area contributed by atoms with E-state index in [9.17, 15) is 9.18 Å². The molecule has 4 rings (SSSR count). The Hall–Kier alpha value is -2.67. The van der Waals surface area contributed by atoms with Crippen LogP contribution in [0.4, 0.5) is 10.1 Å². The monoisotopic (exact) mass is 427 g/mol. The van der Waals surface area contributed by atoms with Gasteiger partial charge in [-0.3, -0.25) is 4.79 Å². The molecule has 0 unspecified atom stereocenters. The summed E-state index contributed by atoms with van der Waals surface area (Å²) in [6.07, 6.45) is 2.16. The first-order valence-electron chi connectivity index (χ1n) is 10.4. The van der Waals surface area contributed by atoms with Crippen LogP contribution in [0, 0.1) is 5.82 Å². The number of rotatable bonds is 5. The zero-order valence-corrected chi connectivity index (χ0v) is 17.7. The number of hydrogen-bond acceptors (Lipinski definition) is 4. The highest BCUT2D eigenvalue weighted by atomic mass is 32.1. The Labute approximate surface area is 182 Å². The van der Waals surface area contributed by atoms with Crippen LogP contribution in [0.5, 0.6) is 5.75 Å². The van der Waals surface area contributed by atoms with Gasteiger partial charge in [-0.25, -0.2) is 4.39 Å². The second-order valence-electron chi connectivity index (χ2n) is 7.66. The summed E-state index contributed by atoms with van der Waals surface area (Å²) in [5.74, 6) is 0.507. The second kappa shape index (κ2) is 9.43. The van der Waals surface area contributed by atoms with E-state index in [0.717, 1.165) is 68.3 Å². The van der Waals surface area contributed by atoms with Gasteiger partial charge in [-0.2, -0.15) is 0 Å². The van der Waals surface area contributed by atoms with Crippen LogP contribution in [-0.4, -0.2) is 66.6 Å². The quantitative estimate of drug-likeness (QED) is 0.684. The molecule has 0 radical (unpaired) electrons. The molecule has 1 amide bonds. The molecule has 2 aromatic rings. The number of carbonyl (C=O) groups excluding carboxylic acids is 1. The summed E-state index contributed by atoms with van der Waals surface area (Å²) in [6.45, 7) is 5.07. The highest BCUT2D eigenvalue weighted by molar-refractivity contribution is 7.80. The molecular weight excluding hydrogens is 401 g/mol. The van der Waals surface area contributed by atoms with Gasteiger partial charge in [-0.05, 0) is 61.4 Å². The van der Waals surface area contributed by atoms with Crippen molar-refractivity contribution in [3.05, 3.63) is 59.9 Å². The van der Waals surface area contributed by atoms with Crippen LogP contribution in [0.3, 0.4) is 0 Å². The van der Waals surface area contributed by atoms with Gasteiger partial charge in [0, 0.05) is 50.5 Å². The second-order valence-corrected chi connectivity index (χ2v) is 8.04. The lowest BCUT2D eigenvalue weighted by Crippen LogP contribution is -2.48. The molecule has 2 aliphatic heterocycles. The SMILES string of the molecule is O=C(COc1ccc(C(=S)N2CCN(c3ccc(F)cc3)CC2)cc1)N1CCCC1. The standard InChI is InChI=1S/C23H26FN3O2S/c24-19-5-7-20(8-6-19)25-13-15-27(16-14-25)23(30)18-3-9-21(10-4-18)29-17-22(28)26-11-1-2-12-26/h3-10H,1-2,11-17H2. The van der Waals surface area contributed by atoms with Crippen molar-refractivity contribution in [2.45, 2.75) is 12.8 Å². The molecule has 2 fully saturated rings. The summed E-state index contributed by atoms with van der Waals surface area (Å²) in [4.78, 5) is 19.2. The maximum absolute atomic E-state index is 13.1. The highest BCUT2D eigenvalue weighted by Crippen LogP contribution is 2.20. The van der Waals surface area contributed by atoms with Crippen molar-refractivity contribution in [2.24, 2.45) is 0 Å². The number of anilines is 1. The van der Waals surface area contributed by atoms with E-state index in [1.54, 1.807) is 0 Å². The van der Waals surface area contributed by atoms with Crippen LogP contribution < -0.4 is 9.64 Å². The predicted molar refractivity (Wildman–Crippen MR) is 120 cm³/mol. The van der Waals surface area contributed by atoms with Crippen LogP contribution in [0.1, 0.15) is 18.4 Å². The van der Waals surface area contributed by atoms with Crippen molar-refractivity contribution >= 4 is 28.8 Å². The summed E-state index contributed by atoms with van der Waals surface area (Å²) in [7, 11) is 0. The van der Waals surface area contributed by atoms with Crippen molar-refractivity contribution in [3.63, 3.8) is 0 Å². The highest BCUT2D eigenvalue weighted by Gasteiger charge is 2.21. The van der Waals surface area contributed by atoms with Gasteiger partial charge < -0.3 is 19.4 Å². The fourth-order valence-corrected chi connectivity index (χ4v) is 4.22.